The number of nitrogens with zero attached hydrogens (tertiary/aromatic N) is 3. The van der Waals surface area contributed by atoms with Crippen LogP contribution in [0.5, 0.6) is 0 Å². The van der Waals surface area contributed by atoms with E-state index in [0.29, 0.717) is 13.0 Å². The number of benzene rings is 1. The lowest BCUT2D eigenvalue weighted by Gasteiger charge is -2.25. The third-order valence-corrected chi connectivity index (χ3v) is 3.86. The molecule has 21 heavy (non-hydrogen) atoms. The highest BCUT2D eigenvalue weighted by atomic mass is 16.1. The molecule has 1 aliphatic heterocycles. The van der Waals surface area contributed by atoms with Crippen molar-refractivity contribution in [3.8, 4) is 0 Å². The number of carbonyl (C=O) groups excluding carboxylic acids is 1. The summed E-state index contributed by atoms with van der Waals surface area (Å²) in [4.78, 5) is 17.9. The number of aromatic nitrogens is 2. The molecule has 1 amide bonds. The molecule has 0 unspecified atom stereocenters. The summed E-state index contributed by atoms with van der Waals surface area (Å²) in [6.45, 7) is 0.653. The first-order valence-corrected chi connectivity index (χ1v) is 6.94. The lowest BCUT2D eigenvalue weighted by molar-refractivity contribution is -0.116. The third kappa shape index (κ3) is 2.56. The summed E-state index contributed by atoms with van der Waals surface area (Å²) in [5.41, 5.74) is 9.75. The number of fused-ring (bicyclic) bond motifs is 1. The van der Waals surface area contributed by atoms with Gasteiger partial charge in [-0.1, -0.05) is 0 Å². The van der Waals surface area contributed by atoms with Gasteiger partial charge >= 0.3 is 0 Å². The second-order valence-electron chi connectivity index (χ2n) is 5.43. The molecular formula is C15H19N5O. The van der Waals surface area contributed by atoms with E-state index in [4.69, 9.17) is 5.73 Å². The Morgan fingerprint density at radius 2 is 2.24 bits per heavy atom. The maximum atomic E-state index is 11.5. The molecule has 0 fully saturated rings. The molecule has 1 aromatic heterocycles. The van der Waals surface area contributed by atoms with E-state index in [2.05, 4.69) is 10.3 Å². The fourth-order valence-corrected chi connectivity index (χ4v) is 2.61. The van der Waals surface area contributed by atoms with E-state index >= 15 is 0 Å². The van der Waals surface area contributed by atoms with Crippen LogP contribution in [0.4, 0.5) is 17.1 Å². The van der Waals surface area contributed by atoms with Crippen molar-refractivity contribution in [1.29, 1.82) is 0 Å². The summed E-state index contributed by atoms with van der Waals surface area (Å²) in [6, 6.07) is 3.91. The van der Waals surface area contributed by atoms with Gasteiger partial charge in [-0.2, -0.15) is 0 Å². The Morgan fingerprint density at radius 3 is 2.95 bits per heavy atom. The van der Waals surface area contributed by atoms with Gasteiger partial charge in [-0.15, -0.1) is 0 Å². The number of imidazole rings is 1. The van der Waals surface area contributed by atoms with Crippen molar-refractivity contribution in [3.05, 3.63) is 35.9 Å². The van der Waals surface area contributed by atoms with Gasteiger partial charge in [0.1, 0.15) is 5.82 Å². The molecule has 3 N–H and O–H groups in total. The Hall–Kier alpha value is -2.50. The monoisotopic (exact) mass is 285 g/mol. The zero-order chi connectivity index (χ0) is 15.0. The van der Waals surface area contributed by atoms with Crippen LogP contribution < -0.4 is 16.0 Å². The van der Waals surface area contributed by atoms with E-state index in [1.807, 2.05) is 41.9 Å². The van der Waals surface area contributed by atoms with E-state index in [0.717, 1.165) is 34.9 Å². The van der Waals surface area contributed by atoms with Crippen molar-refractivity contribution in [3.63, 3.8) is 0 Å². The fraction of sp³-hybridized carbons (Fsp3) is 0.333. The zero-order valence-corrected chi connectivity index (χ0v) is 12.3. The van der Waals surface area contributed by atoms with Crippen molar-refractivity contribution in [1.82, 2.24) is 9.55 Å². The van der Waals surface area contributed by atoms with Gasteiger partial charge in [0.05, 0.1) is 17.9 Å². The highest BCUT2D eigenvalue weighted by molar-refractivity contribution is 5.95. The number of nitrogen functional groups attached to an aromatic ring is 1. The number of nitrogens with two attached hydrogens (primary N) is 1. The molecule has 0 saturated carbocycles. The minimum absolute atomic E-state index is 0.0602. The van der Waals surface area contributed by atoms with Crippen molar-refractivity contribution in [2.45, 2.75) is 19.4 Å². The van der Waals surface area contributed by atoms with Crippen LogP contribution in [0.1, 0.15) is 17.8 Å². The number of hydrogen-bond donors (Lipinski definition) is 2. The summed E-state index contributed by atoms with van der Waals surface area (Å²) in [5.74, 6) is 1.02. The molecule has 0 bridgehead atoms. The Bertz CT molecular complexity index is 691. The van der Waals surface area contributed by atoms with Gasteiger partial charge in [0, 0.05) is 38.6 Å². The lowest BCUT2D eigenvalue weighted by atomic mass is 10.0. The topological polar surface area (TPSA) is 76.2 Å². The average molecular weight is 285 g/mol. The van der Waals surface area contributed by atoms with Crippen molar-refractivity contribution in [2.75, 3.05) is 23.0 Å². The maximum Gasteiger partial charge on any atom is 0.224 e. The smallest absolute Gasteiger partial charge is 0.224 e. The molecule has 2 heterocycles. The molecule has 3 rings (SSSR count). The van der Waals surface area contributed by atoms with Crippen molar-refractivity contribution < 1.29 is 4.79 Å². The molecule has 0 aliphatic carbocycles. The van der Waals surface area contributed by atoms with Crippen LogP contribution in [0.25, 0.3) is 0 Å². The number of aryl methyl sites for hydroxylation is 2. The molecule has 6 nitrogen and oxygen atoms in total. The second kappa shape index (κ2) is 5.12. The highest BCUT2D eigenvalue weighted by Gasteiger charge is 2.18. The Kier molecular flexibility index (Phi) is 3.29. The summed E-state index contributed by atoms with van der Waals surface area (Å²) >= 11 is 0. The Labute approximate surface area is 123 Å². The molecule has 1 aromatic carbocycles. The standard InChI is InChI=1S/C15H19N5O/c1-19-6-5-17-14(19)9-20(2)13-8-12-10(7-11(13)16)3-4-15(21)18-12/h5-8H,3-4,9,16H2,1-2H3,(H,18,21). The highest BCUT2D eigenvalue weighted by Crippen LogP contribution is 2.33. The molecule has 0 saturated heterocycles. The van der Waals surface area contributed by atoms with E-state index in [1.54, 1.807) is 6.20 Å². The van der Waals surface area contributed by atoms with Crippen LogP contribution in [0.15, 0.2) is 24.5 Å². The normalized spacial score (nSPS) is 13.7. The number of hydrogen-bond acceptors (Lipinski definition) is 4. The number of nitrogens with one attached hydrogen (secondary N) is 1. The van der Waals surface area contributed by atoms with Crippen LogP contribution >= 0.6 is 0 Å². The first-order valence-electron chi connectivity index (χ1n) is 6.94. The third-order valence-electron chi connectivity index (χ3n) is 3.86. The number of anilines is 3. The van der Waals surface area contributed by atoms with E-state index in [9.17, 15) is 4.79 Å². The minimum atomic E-state index is 0.0602. The summed E-state index contributed by atoms with van der Waals surface area (Å²) < 4.78 is 1.98. The largest absolute Gasteiger partial charge is 0.397 e. The quantitative estimate of drug-likeness (QED) is 0.838. The number of amides is 1. The maximum absolute atomic E-state index is 11.5. The molecule has 0 atom stereocenters. The van der Waals surface area contributed by atoms with E-state index in [-0.39, 0.29) is 5.91 Å². The predicted octanol–water partition coefficient (Wildman–Crippen LogP) is 1.52. The van der Waals surface area contributed by atoms with Gasteiger partial charge in [0.25, 0.3) is 0 Å². The van der Waals surface area contributed by atoms with Crippen molar-refractivity contribution >= 4 is 23.0 Å². The van der Waals surface area contributed by atoms with E-state index in [1.165, 1.54) is 0 Å². The molecule has 6 heteroatoms. The summed E-state index contributed by atoms with van der Waals surface area (Å²) in [5, 5.41) is 2.91. The number of rotatable bonds is 3. The first-order chi connectivity index (χ1) is 10.0. The Morgan fingerprint density at radius 1 is 1.43 bits per heavy atom. The van der Waals surface area contributed by atoms with Crippen LogP contribution in [-0.4, -0.2) is 22.5 Å². The molecule has 1 aliphatic rings. The summed E-state index contributed by atoms with van der Waals surface area (Å²) in [6.07, 6.45) is 4.96. The van der Waals surface area contributed by atoms with Gasteiger partial charge in [0.2, 0.25) is 5.91 Å². The van der Waals surface area contributed by atoms with Gasteiger partial charge in [-0.3, -0.25) is 4.79 Å². The fourth-order valence-electron chi connectivity index (χ4n) is 2.61. The van der Waals surface area contributed by atoms with Crippen LogP contribution in [0, 0.1) is 0 Å². The molecule has 110 valence electrons. The van der Waals surface area contributed by atoms with Gasteiger partial charge in [-0.25, -0.2) is 4.98 Å². The molecular weight excluding hydrogens is 266 g/mol. The van der Waals surface area contributed by atoms with Gasteiger partial charge < -0.3 is 20.5 Å². The van der Waals surface area contributed by atoms with Crippen LogP contribution in [-0.2, 0) is 24.8 Å². The Balaban J connectivity index is 1.89. The predicted molar refractivity (Wildman–Crippen MR) is 83.1 cm³/mol. The van der Waals surface area contributed by atoms with Gasteiger partial charge in [-0.05, 0) is 24.1 Å². The second-order valence-corrected chi connectivity index (χ2v) is 5.43. The van der Waals surface area contributed by atoms with Gasteiger partial charge in [0.15, 0.2) is 0 Å². The summed E-state index contributed by atoms with van der Waals surface area (Å²) in [7, 11) is 3.93. The lowest BCUT2D eigenvalue weighted by Crippen LogP contribution is -2.23. The SMILES string of the molecule is CN(Cc1nccn1C)c1cc2c(cc1N)CCC(=O)N2. The zero-order valence-electron chi connectivity index (χ0n) is 12.3. The average Bonchev–Trinajstić information content (AvgIpc) is 2.84. The molecule has 0 radical (unpaired) electrons. The van der Waals surface area contributed by atoms with Crippen molar-refractivity contribution in [2.24, 2.45) is 7.05 Å². The number of carbonyl (C=O) groups is 1. The van der Waals surface area contributed by atoms with Crippen LogP contribution in [0.2, 0.25) is 0 Å². The molecule has 0 spiro atoms. The molecule has 2 aromatic rings. The van der Waals surface area contributed by atoms with Crippen LogP contribution in [0.3, 0.4) is 0 Å². The van der Waals surface area contributed by atoms with E-state index < -0.39 is 0 Å². The first kappa shape index (κ1) is 13.5. The minimum Gasteiger partial charge on any atom is -0.397 e.